The van der Waals surface area contributed by atoms with Crippen LogP contribution in [0.2, 0.25) is 0 Å². The van der Waals surface area contributed by atoms with Crippen molar-refractivity contribution < 1.29 is 28.7 Å². The number of ether oxygens (including phenoxy) is 1. The Balaban J connectivity index is 1.44. The molecule has 0 bridgehead atoms. The summed E-state index contributed by atoms with van der Waals surface area (Å²) in [6.07, 6.45) is 5.22. The molecule has 35 heavy (non-hydrogen) atoms. The van der Waals surface area contributed by atoms with E-state index in [2.05, 4.69) is 5.32 Å². The normalized spacial score (nSPS) is 36.0. The number of hydrogen-bond donors (Lipinski definition) is 1. The summed E-state index contributed by atoms with van der Waals surface area (Å²) in [4.78, 5) is 71.2. The maximum absolute atomic E-state index is 13.5. The van der Waals surface area contributed by atoms with Gasteiger partial charge in [0.1, 0.15) is 30.3 Å². The van der Waals surface area contributed by atoms with E-state index in [-0.39, 0.29) is 35.5 Å². The van der Waals surface area contributed by atoms with Gasteiger partial charge in [-0.3, -0.25) is 19.2 Å². The summed E-state index contributed by atoms with van der Waals surface area (Å²) < 4.78 is 5.66. The standard InChI is InChI=1S/C25H36N4O6/c1-15-12-20(30)27-11-5-7-18(27)23(33)28-10-4-3-6-17(28)21(31)26-16(2)22(32)29-14-25(8-9-25)13-19(29)24(34)35-15/h15-19H,3-14H2,1-2H3,(H,26,31). The highest BCUT2D eigenvalue weighted by atomic mass is 16.5. The summed E-state index contributed by atoms with van der Waals surface area (Å²) in [6.45, 7) is 4.73. The molecule has 0 aromatic carbocycles. The van der Waals surface area contributed by atoms with Crippen molar-refractivity contribution in [1.29, 1.82) is 0 Å². The van der Waals surface area contributed by atoms with Gasteiger partial charge >= 0.3 is 5.97 Å². The Labute approximate surface area is 205 Å². The fourth-order valence-corrected chi connectivity index (χ4v) is 6.32. The van der Waals surface area contributed by atoms with Crippen molar-refractivity contribution in [2.24, 2.45) is 5.41 Å². The molecule has 0 aromatic rings. The number of hydrogen-bond acceptors (Lipinski definition) is 6. The van der Waals surface area contributed by atoms with Gasteiger partial charge in [-0.05, 0) is 70.6 Å². The third-order valence-electron chi connectivity index (χ3n) is 8.48. The first-order valence-electron chi connectivity index (χ1n) is 13.1. The Morgan fingerprint density at radius 3 is 2.29 bits per heavy atom. The summed E-state index contributed by atoms with van der Waals surface area (Å²) in [6, 6.07) is -2.79. The van der Waals surface area contributed by atoms with E-state index in [1.54, 1.807) is 28.5 Å². The van der Waals surface area contributed by atoms with Crippen LogP contribution in [0, 0.1) is 5.41 Å². The quantitative estimate of drug-likeness (QED) is 0.499. The molecule has 0 radical (unpaired) electrons. The van der Waals surface area contributed by atoms with Crippen LogP contribution in [0.3, 0.4) is 0 Å². The molecule has 10 heteroatoms. The van der Waals surface area contributed by atoms with Crippen LogP contribution < -0.4 is 5.32 Å². The zero-order valence-corrected chi connectivity index (χ0v) is 20.7. The second-order valence-electron chi connectivity index (χ2n) is 11.2. The number of fused-ring (bicyclic) bond motifs is 3. The fraction of sp³-hybridized carbons (Fsp3) is 0.800. The van der Waals surface area contributed by atoms with Crippen LogP contribution >= 0.6 is 0 Å². The molecule has 5 fully saturated rings. The number of piperidine rings is 1. The topological polar surface area (TPSA) is 116 Å². The van der Waals surface area contributed by atoms with Crippen LogP contribution in [0.4, 0.5) is 0 Å². The van der Waals surface area contributed by atoms with Crippen LogP contribution in [0.5, 0.6) is 0 Å². The number of cyclic esters (lactones) is 1. The average Bonchev–Trinajstić information content (AvgIpc) is 3.23. The second kappa shape index (κ2) is 9.09. The molecule has 1 N–H and O–H groups in total. The number of esters is 1. The highest BCUT2D eigenvalue weighted by Gasteiger charge is 2.56. The Bertz CT molecular complexity index is 933. The lowest BCUT2D eigenvalue weighted by Crippen LogP contribution is -2.59. The SMILES string of the molecule is CC1CC(=O)N2CCCC2C(=O)N2CCCCC2C(=O)NC(C)C(=O)N2CC3(CC3)CC2C(=O)O1. The number of nitrogens with zero attached hydrogens (tertiary/aromatic N) is 3. The van der Waals surface area contributed by atoms with E-state index < -0.39 is 36.2 Å². The van der Waals surface area contributed by atoms with Crippen molar-refractivity contribution in [3.63, 3.8) is 0 Å². The minimum absolute atomic E-state index is 0.0123. The largest absolute Gasteiger partial charge is 0.461 e. The molecule has 4 amide bonds. The average molecular weight is 489 g/mol. The summed E-state index contributed by atoms with van der Waals surface area (Å²) in [5, 5.41) is 2.83. The van der Waals surface area contributed by atoms with Crippen LogP contribution in [-0.2, 0) is 28.7 Å². The number of carbonyl (C=O) groups excluding carboxylic acids is 5. The maximum Gasteiger partial charge on any atom is 0.329 e. The number of carbonyl (C=O) groups is 5. The molecular weight excluding hydrogens is 452 g/mol. The van der Waals surface area contributed by atoms with Gasteiger partial charge in [0, 0.05) is 19.6 Å². The first-order valence-corrected chi connectivity index (χ1v) is 13.1. The van der Waals surface area contributed by atoms with Gasteiger partial charge in [0.05, 0.1) is 6.42 Å². The predicted octanol–water partition coefficient (Wildman–Crippen LogP) is 0.580. The van der Waals surface area contributed by atoms with Gasteiger partial charge in [0.2, 0.25) is 23.6 Å². The molecule has 4 saturated heterocycles. The smallest absolute Gasteiger partial charge is 0.329 e. The van der Waals surface area contributed by atoms with Gasteiger partial charge in [-0.25, -0.2) is 4.79 Å². The Kier molecular flexibility index (Phi) is 6.25. The minimum Gasteiger partial charge on any atom is -0.461 e. The lowest BCUT2D eigenvalue weighted by Gasteiger charge is -2.38. The molecule has 0 aromatic heterocycles. The van der Waals surface area contributed by atoms with Crippen molar-refractivity contribution in [2.45, 2.75) is 102 Å². The Morgan fingerprint density at radius 1 is 0.829 bits per heavy atom. The molecule has 5 aliphatic rings. The molecule has 192 valence electrons. The number of rotatable bonds is 0. The van der Waals surface area contributed by atoms with E-state index in [9.17, 15) is 24.0 Å². The van der Waals surface area contributed by atoms with Crippen LogP contribution in [0.15, 0.2) is 0 Å². The highest BCUT2D eigenvalue weighted by molar-refractivity contribution is 5.95. The zero-order chi connectivity index (χ0) is 24.9. The third-order valence-corrected chi connectivity index (χ3v) is 8.48. The molecule has 1 spiro atoms. The van der Waals surface area contributed by atoms with E-state index >= 15 is 0 Å². The van der Waals surface area contributed by atoms with Crippen LogP contribution in [-0.4, -0.2) is 94.2 Å². The Morgan fingerprint density at radius 2 is 1.54 bits per heavy atom. The van der Waals surface area contributed by atoms with Gasteiger partial charge in [-0.1, -0.05) is 0 Å². The molecule has 5 atom stereocenters. The highest BCUT2D eigenvalue weighted by Crippen LogP contribution is 2.55. The van der Waals surface area contributed by atoms with Crippen LogP contribution in [0.1, 0.15) is 71.6 Å². The summed E-state index contributed by atoms with van der Waals surface area (Å²) >= 11 is 0. The molecule has 10 nitrogen and oxygen atoms in total. The van der Waals surface area contributed by atoms with E-state index in [1.807, 2.05) is 0 Å². The van der Waals surface area contributed by atoms with E-state index in [0.717, 1.165) is 25.7 Å². The van der Waals surface area contributed by atoms with Crippen molar-refractivity contribution in [2.75, 3.05) is 19.6 Å². The van der Waals surface area contributed by atoms with E-state index in [1.165, 1.54) is 0 Å². The lowest BCUT2D eigenvalue weighted by atomic mass is 9.99. The first kappa shape index (κ1) is 24.1. The molecule has 4 heterocycles. The Hall–Kier alpha value is -2.65. The molecule has 5 unspecified atom stereocenters. The first-order chi connectivity index (χ1) is 16.7. The van der Waals surface area contributed by atoms with Gasteiger partial charge < -0.3 is 24.8 Å². The van der Waals surface area contributed by atoms with E-state index in [0.29, 0.717) is 45.3 Å². The summed E-state index contributed by atoms with van der Waals surface area (Å²) in [5.41, 5.74) is -0.0413. The second-order valence-corrected chi connectivity index (χ2v) is 11.2. The molecule has 1 aliphatic carbocycles. The van der Waals surface area contributed by atoms with Gasteiger partial charge in [0.15, 0.2) is 0 Å². The molecular formula is C25H36N4O6. The van der Waals surface area contributed by atoms with E-state index in [4.69, 9.17) is 4.74 Å². The van der Waals surface area contributed by atoms with Crippen LogP contribution in [0.25, 0.3) is 0 Å². The maximum atomic E-state index is 13.5. The third kappa shape index (κ3) is 4.51. The van der Waals surface area contributed by atoms with Crippen molar-refractivity contribution in [1.82, 2.24) is 20.0 Å². The van der Waals surface area contributed by atoms with Crippen molar-refractivity contribution >= 4 is 29.6 Å². The summed E-state index contributed by atoms with van der Waals surface area (Å²) in [5.74, 6) is -1.59. The fourth-order valence-electron chi connectivity index (χ4n) is 6.32. The molecule has 4 aliphatic heterocycles. The molecule has 1 saturated carbocycles. The van der Waals surface area contributed by atoms with Gasteiger partial charge in [-0.15, -0.1) is 0 Å². The van der Waals surface area contributed by atoms with Crippen molar-refractivity contribution in [3.05, 3.63) is 0 Å². The van der Waals surface area contributed by atoms with Crippen molar-refractivity contribution in [3.8, 4) is 0 Å². The number of amides is 4. The monoisotopic (exact) mass is 488 g/mol. The minimum atomic E-state index is -0.819. The van der Waals surface area contributed by atoms with Gasteiger partial charge in [-0.2, -0.15) is 0 Å². The summed E-state index contributed by atoms with van der Waals surface area (Å²) in [7, 11) is 0. The lowest BCUT2D eigenvalue weighted by molar-refractivity contribution is -0.160. The van der Waals surface area contributed by atoms with Gasteiger partial charge in [0.25, 0.3) is 0 Å². The number of nitrogens with one attached hydrogen (secondary N) is 1. The zero-order valence-electron chi connectivity index (χ0n) is 20.7. The predicted molar refractivity (Wildman–Crippen MR) is 124 cm³/mol. The molecule has 5 rings (SSSR count).